The van der Waals surface area contributed by atoms with E-state index in [1.807, 2.05) is 30.3 Å². The zero-order chi connectivity index (χ0) is 36.7. The van der Waals surface area contributed by atoms with Gasteiger partial charge in [0, 0.05) is 55.0 Å². The van der Waals surface area contributed by atoms with Crippen LogP contribution in [0.3, 0.4) is 0 Å². The van der Waals surface area contributed by atoms with Gasteiger partial charge in [0.15, 0.2) is 0 Å². The van der Waals surface area contributed by atoms with Crippen LogP contribution in [0.25, 0.3) is 33.3 Å². The summed E-state index contributed by atoms with van der Waals surface area (Å²) >= 11 is 14.0. The van der Waals surface area contributed by atoms with E-state index >= 15 is 0 Å². The van der Waals surface area contributed by atoms with Crippen molar-refractivity contribution in [3.63, 3.8) is 0 Å². The van der Waals surface area contributed by atoms with Crippen LogP contribution in [0.4, 0.5) is 11.5 Å². The van der Waals surface area contributed by atoms with Crippen molar-refractivity contribution in [3.05, 3.63) is 96.2 Å². The summed E-state index contributed by atoms with van der Waals surface area (Å²) in [6.45, 7) is 3.83. The molecule has 1 unspecified atom stereocenters. The van der Waals surface area contributed by atoms with Gasteiger partial charge in [-0.05, 0) is 75.8 Å². The van der Waals surface area contributed by atoms with Crippen LogP contribution in [0.1, 0.15) is 48.9 Å². The molecule has 2 aliphatic heterocycles. The second kappa shape index (κ2) is 14.4. The van der Waals surface area contributed by atoms with Gasteiger partial charge in [-0.25, -0.2) is 14.8 Å². The Morgan fingerprint density at radius 3 is 2.37 bits per heavy atom. The smallest absolute Gasteiger partial charge is 0.330 e. The Morgan fingerprint density at radius 2 is 1.63 bits per heavy atom. The summed E-state index contributed by atoms with van der Waals surface area (Å²) in [7, 11) is 4.71. The second-order valence-corrected chi connectivity index (χ2v) is 14.5. The number of piperidine rings is 1. The number of hydrogen-bond acceptors (Lipinski definition) is 8. The van der Waals surface area contributed by atoms with Gasteiger partial charge in [0.25, 0.3) is 5.56 Å². The first kappa shape index (κ1) is 35.7. The Labute approximate surface area is 311 Å². The van der Waals surface area contributed by atoms with Gasteiger partial charge in [-0.15, -0.1) is 0 Å². The number of carbonyl (C=O) groups excluding carboxylic acids is 1. The van der Waals surface area contributed by atoms with Crippen LogP contribution < -0.4 is 31.9 Å². The van der Waals surface area contributed by atoms with E-state index in [0.717, 1.165) is 85.0 Å². The van der Waals surface area contributed by atoms with Crippen LogP contribution in [0, 0.1) is 6.92 Å². The number of methoxy groups -OCH3 is 1. The third-order valence-corrected chi connectivity index (χ3v) is 11.2. The lowest BCUT2D eigenvalue weighted by atomic mass is 9.88. The first-order valence-corrected chi connectivity index (χ1v) is 18.3. The van der Waals surface area contributed by atoms with E-state index < -0.39 is 11.2 Å². The number of pyridine rings is 2. The zero-order valence-corrected chi connectivity index (χ0v) is 31.2. The maximum atomic E-state index is 13.1. The summed E-state index contributed by atoms with van der Waals surface area (Å²) in [5.41, 5.74) is 6.30. The molecule has 1 atom stereocenters. The van der Waals surface area contributed by atoms with E-state index in [9.17, 15) is 14.4 Å². The van der Waals surface area contributed by atoms with Gasteiger partial charge in [0.2, 0.25) is 11.8 Å². The topological polar surface area (TPSA) is 132 Å². The minimum absolute atomic E-state index is 0.134. The zero-order valence-electron chi connectivity index (χ0n) is 29.7. The third kappa shape index (κ3) is 6.57. The molecule has 2 fully saturated rings. The average molecular weight is 743 g/mol. The Balaban J connectivity index is 0.000000324. The third-order valence-electron chi connectivity index (χ3n) is 10.3. The standard InChI is InChI=1S/C31H27Cl2N5O3.C8H14N2O/c1-16-14-24-25(30(39)38(3)31(40)37(24)2)28(34-16)35-22-13-7-11-20(27(22)33)19-10-6-12-21(26(19)32)23-15-17-8-5-9-18(17)29(36-23)41-4;11-7-2-1-3-8(10-7)4-5-9-6-8/h6-7,10-15H,5,8-9H2,1-4H3,(H,34,35);9H,1-6H2,(H,10,11). The van der Waals surface area contributed by atoms with E-state index in [1.165, 1.54) is 17.2 Å². The van der Waals surface area contributed by atoms with Crippen molar-refractivity contribution in [1.82, 2.24) is 29.7 Å². The minimum Gasteiger partial charge on any atom is -0.481 e. The Bertz CT molecular complexity index is 2350. The van der Waals surface area contributed by atoms with Crippen molar-refractivity contribution >= 4 is 51.5 Å². The van der Waals surface area contributed by atoms with Crippen LogP contribution in [-0.2, 0) is 31.7 Å². The highest BCUT2D eigenvalue weighted by molar-refractivity contribution is 6.39. The van der Waals surface area contributed by atoms with E-state index in [4.69, 9.17) is 32.9 Å². The molecule has 11 nitrogen and oxygen atoms in total. The van der Waals surface area contributed by atoms with Crippen LogP contribution in [0.5, 0.6) is 5.88 Å². The summed E-state index contributed by atoms with van der Waals surface area (Å²) in [6.07, 6.45) is 7.08. The highest BCUT2D eigenvalue weighted by atomic mass is 35.5. The van der Waals surface area contributed by atoms with Gasteiger partial charge in [-0.3, -0.25) is 18.7 Å². The molecule has 1 amide bonds. The molecule has 13 heteroatoms. The Hall–Kier alpha value is -4.71. The molecule has 2 saturated heterocycles. The molecule has 3 aliphatic rings. The van der Waals surface area contributed by atoms with E-state index in [-0.39, 0.29) is 11.4 Å². The lowest BCUT2D eigenvalue weighted by molar-refractivity contribution is -0.124. The molecular weight excluding hydrogens is 701 g/mol. The fourth-order valence-corrected chi connectivity index (χ4v) is 8.23. The summed E-state index contributed by atoms with van der Waals surface area (Å²) in [6, 6.07) is 15.1. The molecule has 1 spiro atoms. The fourth-order valence-electron chi connectivity index (χ4n) is 7.63. The molecule has 2 aromatic carbocycles. The molecule has 0 bridgehead atoms. The van der Waals surface area contributed by atoms with Crippen molar-refractivity contribution in [2.24, 2.45) is 14.1 Å². The molecule has 270 valence electrons. The Morgan fingerprint density at radius 1 is 0.885 bits per heavy atom. The Kier molecular flexibility index (Phi) is 9.86. The van der Waals surface area contributed by atoms with Crippen molar-refractivity contribution in [1.29, 1.82) is 0 Å². The number of nitrogens with zero attached hydrogens (tertiary/aromatic N) is 4. The monoisotopic (exact) mass is 741 g/mol. The van der Waals surface area contributed by atoms with E-state index in [0.29, 0.717) is 49.6 Å². The average Bonchev–Trinajstić information content (AvgIpc) is 3.80. The number of carbonyl (C=O) groups is 1. The minimum atomic E-state index is -0.446. The highest BCUT2D eigenvalue weighted by Crippen LogP contribution is 2.43. The van der Waals surface area contributed by atoms with Gasteiger partial charge in [0.1, 0.15) is 11.2 Å². The molecule has 1 aliphatic carbocycles. The maximum Gasteiger partial charge on any atom is 0.330 e. The predicted octanol–water partition coefficient (Wildman–Crippen LogP) is 6.24. The lowest BCUT2D eigenvalue weighted by Crippen LogP contribution is -2.52. The van der Waals surface area contributed by atoms with Crippen LogP contribution in [0.15, 0.2) is 58.1 Å². The summed E-state index contributed by atoms with van der Waals surface area (Å²) < 4.78 is 8.10. The number of ether oxygens (including phenoxy) is 1. The molecule has 0 radical (unpaired) electrons. The van der Waals surface area contributed by atoms with Gasteiger partial charge in [0.05, 0.1) is 39.6 Å². The van der Waals surface area contributed by atoms with Crippen LogP contribution >= 0.6 is 23.2 Å². The largest absolute Gasteiger partial charge is 0.481 e. The predicted molar refractivity (Wildman–Crippen MR) is 206 cm³/mol. The van der Waals surface area contributed by atoms with Gasteiger partial charge < -0.3 is 20.7 Å². The first-order chi connectivity index (χ1) is 25.0. The molecule has 5 heterocycles. The van der Waals surface area contributed by atoms with Crippen molar-refractivity contribution in [2.45, 2.75) is 57.4 Å². The van der Waals surface area contributed by atoms with Crippen molar-refractivity contribution in [2.75, 3.05) is 25.5 Å². The number of halogens is 2. The van der Waals surface area contributed by atoms with Gasteiger partial charge >= 0.3 is 5.69 Å². The van der Waals surface area contributed by atoms with Gasteiger partial charge in [-0.2, -0.15) is 0 Å². The molecule has 5 aromatic rings. The molecule has 3 N–H and O–H groups in total. The highest BCUT2D eigenvalue weighted by Gasteiger charge is 2.37. The number of anilines is 2. The van der Waals surface area contributed by atoms with Crippen molar-refractivity contribution in [3.8, 4) is 28.3 Å². The van der Waals surface area contributed by atoms with Gasteiger partial charge in [-0.1, -0.05) is 53.5 Å². The molecule has 52 heavy (non-hydrogen) atoms. The van der Waals surface area contributed by atoms with Crippen LogP contribution in [-0.4, -0.2) is 50.7 Å². The first-order valence-electron chi connectivity index (χ1n) is 17.5. The number of nitrogens with one attached hydrogen (secondary N) is 3. The van der Waals surface area contributed by atoms with Crippen LogP contribution in [0.2, 0.25) is 10.0 Å². The number of benzene rings is 2. The molecule has 0 saturated carbocycles. The molecule has 3 aromatic heterocycles. The number of aromatic nitrogens is 4. The van der Waals surface area contributed by atoms with Crippen molar-refractivity contribution < 1.29 is 9.53 Å². The SMILES string of the molecule is COc1nc(-c2cccc(-c3cccc(Nc4nc(C)cc5c4c(=O)n(C)c(=O)n5C)c3Cl)c2Cl)cc2c1CCC2.O=C1CCCC2(CCNC2)N1. The lowest BCUT2D eigenvalue weighted by Gasteiger charge is -2.33. The quantitative estimate of drug-likeness (QED) is 0.193. The normalized spacial score (nSPS) is 17.8. The van der Waals surface area contributed by atoms with E-state index in [2.05, 4.69) is 27.0 Å². The fraction of sp³-hybridized carbons (Fsp3) is 0.359. The summed E-state index contributed by atoms with van der Waals surface area (Å²) in [5, 5.41) is 10.8. The summed E-state index contributed by atoms with van der Waals surface area (Å²) in [4.78, 5) is 46.1. The number of aryl methyl sites for hydroxylation is 3. The summed E-state index contributed by atoms with van der Waals surface area (Å²) in [5.74, 6) is 1.19. The maximum absolute atomic E-state index is 13.1. The number of amides is 1. The number of rotatable bonds is 5. The number of fused-ring (bicyclic) bond motifs is 2. The molecular formula is C39H41Cl2N7O4. The number of hydrogen-bond donors (Lipinski definition) is 3. The molecule has 8 rings (SSSR count). The second-order valence-electron chi connectivity index (χ2n) is 13.8. The van der Waals surface area contributed by atoms with E-state index in [1.54, 1.807) is 33.2 Å².